The molecule has 1 fully saturated rings. The molecule has 0 atom stereocenters. The highest BCUT2D eigenvalue weighted by atomic mass is 35.5. The lowest BCUT2D eigenvalue weighted by atomic mass is 10.1. The number of halogens is 1. The molecule has 2 aromatic heterocycles. The van der Waals surface area contributed by atoms with E-state index < -0.39 is 0 Å². The summed E-state index contributed by atoms with van der Waals surface area (Å²) in [6.07, 6.45) is 2.63. The van der Waals surface area contributed by atoms with Crippen molar-refractivity contribution in [3.63, 3.8) is 0 Å². The average molecular weight is 479 g/mol. The maximum absolute atomic E-state index is 13.0. The number of hydrogen-bond acceptors (Lipinski definition) is 4. The number of carbonyl (C=O) groups excluding carboxylic acids is 2. The molecule has 0 saturated carbocycles. The van der Waals surface area contributed by atoms with E-state index in [0.29, 0.717) is 28.6 Å². The minimum absolute atomic E-state index is 0.167. The number of aromatic nitrogens is 2. The Bertz CT molecular complexity index is 1360. The first kappa shape index (κ1) is 21.7. The van der Waals surface area contributed by atoms with Gasteiger partial charge < -0.3 is 10.2 Å². The van der Waals surface area contributed by atoms with Gasteiger partial charge in [0.2, 0.25) is 5.91 Å². The highest BCUT2D eigenvalue weighted by Gasteiger charge is 2.19. The molecule has 0 radical (unpaired) electrons. The van der Waals surface area contributed by atoms with Gasteiger partial charge in [0.25, 0.3) is 5.91 Å². The minimum Gasteiger partial charge on any atom is -0.338 e. The Hall–Kier alpha value is -3.16. The van der Waals surface area contributed by atoms with E-state index in [2.05, 4.69) is 10.4 Å². The SMILES string of the molecule is Cc1nn(-c2cccc(Cl)c2)c2sc(C(=O)Nc3cccc(CN4CCCCC4=O)c3)cc12. The molecule has 0 spiro atoms. The predicted molar refractivity (Wildman–Crippen MR) is 132 cm³/mol. The maximum Gasteiger partial charge on any atom is 0.265 e. The van der Waals surface area contributed by atoms with E-state index in [0.717, 1.165) is 46.5 Å². The lowest BCUT2D eigenvalue weighted by molar-refractivity contribution is -0.133. The highest BCUT2D eigenvalue weighted by Crippen LogP contribution is 2.31. The minimum atomic E-state index is -0.167. The fraction of sp³-hybridized carbons (Fsp3) is 0.240. The van der Waals surface area contributed by atoms with Crippen molar-refractivity contribution in [3.8, 4) is 5.69 Å². The number of amides is 2. The van der Waals surface area contributed by atoms with Crippen molar-refractivity contribution in [1.29, 1.82) is 0 Å². The molecule has 5 rings (SSSR count). The lowest BCUT2D eigenvalue weighted by Crippen LogP contribution is -2.34. The zero-order valence-electron chi connectivity index (χ0n) is 18.2. The highest BCUT2D eigenvalue weighted by molar-refractivity contribution is 7.20. The summed E-state index contributed by atoms with van der Waals surface area (Å²) in [6, 6.07) is 17.1. The summed E-state index contributed by atoms with van der Waals surface area (Å²) >= 11 is 7.56. The zero-order valence-corrected chi connectivity index (χ0v) is 19.7. The first-order valence-corrected chi connectivity index (χ1v) is 12.1. The molecule has 0 bridgehead atoms. The Labute approximate surface area is 200 Å². The van der Waals surface area contributed by atoms with E-state index in [9.17, 15) is 9.59 Å². The molecule has 3 heterocycles. The first-order valence-electron chi connectivity index (χ1n) is 10.9. The van der Waals surface area contributed by atoms with Crippen LogP contribution >= 0.6 is 22.9 Å². The Morgan fingerprint density at radius 2 is 2.00 bits per heavy atom. The van der Waals surface area contributed by atoms with E-state index in [1.165, 1.54) is 11.3 Å². The number of likely N-dealkylation sites (tertiary alicyclic amines) is 1. The third-order valence-corrected chi connectivity index (χ3v) is 7.15. The van der Waals surface area contributed by atoms with Crippen molar-refractivity contribution < 1.29 is 9.59 Å². The second kappa shape index (κ2) is 9.00. The third kappa shape index (κ3) is 4.51. The average Bonchev–Trinajstić information content (AvgIpc) is 3.36. The Balaban J connectivity index is 1.36. The summed E-state index contributed by atoms with van der Waals surface area (Å²) < 4.78 is 1.83. The number of carbonyl (C=O) groups is 2. The molecule has 1 saturated heterocycles. The van der Waals surface area contributed by atoms with Crippen LogP contribution in [0.15, 0.2) is 54.6 Å². The van der Waals surface area contributed by atoms with Gasteiger partial charge in [0.1, 0.15) is 4.83 Å². The number of piperidine rings is 1. The van der Waals surface area contributed by atoms with Crippen LogP contribution in [0.4, 0.5) is 5.69 Å². The van der Waals surface area contributed by atoms with E-state index in [4.69, 9.17) is 11.6 Å². The van der Waals surface area contributed by atoms with Gasteiger partial charge in [-0.2, -0.15) is 5.10 Å². The number of aryl methyl sites for hydroxylation is 1. The van der Waals surface area contributed by atoms with Crippen LogP contribution in [-0.2, 0) is 11.3 Å². The van der Waals surface area contributed by atoms with Gasteiger partial charge in [-0.05, 0) is 61.7 Å². The molecule has 0 unspecified atom stereocenters. The van der Waals surface area contributed by atoms with Crippen molar-refractivity contribution in [2.24, 2.45) is 0 Å². The molecule has 2 aromatic carbocycles. The van der Waals surface area contributed by atoms with Gasteiger partial charge in [0.05, 0.1) is 16.3 Å². The summed E-state index contributed by atoms with van der Waals surface area (Å²) in [5.41, 5.74) is 3.43. The lowest BCUT2D eigenvalue weighted by Gasteiger charge is -2.26. The van der Waals surface area contributed by atoms with Crippen LogP contribution < -0.4 is 5.32 Å². The van der Waals surface area contributed by atoms with Crippen molar-refractivity contribution in [2.45, 2.75) is 32.7 Å². The molecule has 1 aliphatic heterocycles. The third-order valence-electron chi connectivity index (χ3n) is 5.80. The zero-order chi connectivity index (χ0) is 22.9. The Morgan fingerprint density at radius 3 is 2.82 bits per heavy atom. The Kier molecular flexibility index (Phi) is 5.91. The number of benzene rings is 2. The monoisotopic (exact) mass is 478 g/mol. The van der Waals surface area contributed by atoms with Crippen molar-refractivity contribution in [2.75, 3.05) is 11.9 Å². The number of anilines is 1. The van der Waals surface area contributed by atoms with Gasteiger partial charge in [-0.3, -0.25) is 9.59 Å². The van der Waals surface area contributed by atoms with Gasteiger partial charge in [0.15, 0.2) is 0 Å². The molecule has 6 nitrogen and oxygen atoms in total. The smallest absolute Gasteiger partial charge is 0.265 e. The number of nitrogens with zero attached hydrogens (tertiary/aromatic N) is 3. The predicted octanol–water partition coefficient (Wildman–Crippen LogP) is 5.81. The summed E-state index contributed by atoms with van der Waals surface area (Å²) in [5.74, 6) is 0.0320. The van der Waals surface area contributed by atoms with Crippen LogP contribution in [0.1, 0.15) is 40.2 Å². The van der Waals surface area contributed by atoms with Gasteiger partial charge in [0, 0.05) is 35.6 Å². The number of fused-ring (bicyclic) bond motifs is 1. The fourth-order valence-electron chi connectivity index (χ4n) is 4.13. The molecule has 8 heteroatoms. The van der Waals surface area contributed by atoms with Gasteiger partial charge in [-0.25, -0.2) is 4.68 Å². The largest absolute Gasteiger partial charge is 0.338 e. The standard InChI is InChI=1S/C25H23ClN4O2S/c1-16-21-14-22(33-25(21)30(28-16)20-9-5-7-18(26)13-20)24(32)27-19-8-4-6-17(12-19)15-29-11-3-2-10-23(29)31/h4-9,12-14H,2-3,10-11,15H2,1H3,(H,27,32). The van der Waals surface area contributed by atoms with E-state index in [-0.39, 0.29) is 11.8 Å². The first-order chi connectivity index (χ1) is 16.0. The molecule has 2 amide bonds. The topological polar surface area (TPSA) is 67.2 Å². The maximum atomic E-state index is 13.0. The van der Waals surface area contributed by atoms with Crippen LogP contribution in [0.3, 0.4) is 0 Å². The molecule has 33 heavy (non-hydrogen) atoms. The molecule has 168 valence electrons. The van der Waals surface area contributed by atoms with Crippen LogP contribution in [-0.4, -0.2) is 33.0 Å². The van der Waals surface area contributed by atoms with E-state index in [1.54, 1.807) is 0 Å². The second-order valence-electron chi connectivity index (χ2n) is 8.23. The quantitative estimate of drug-likeness (QED) is 0.393. The summed E-state index contributed by atoms with van der Waals surface area (Å²) in [6.45, 7) is 3.30. The molecular formula is C25H23ClN4O2S. The summed E-state index contributed by atoms with van der Waals surface area (Å²) in [5, 5.41) is 9.21. The number of nitrogens with one attached hydrogen (secondary N) is 1. The van der Waals surface area contributed by atoms with Gasteiger partial charge >= 0.3 is 0 Å². The number of thiophene rings is 1. The van der Waals surface area contributed by atoms with Gasteiger partial charge in [-0.15, -0.1) is 11.3 Å². The van der Waals surface area contributed by atoms with Crippen LogP contribution in [0, 0.1) is 6.92 Å². The Morgan fingerprint density at radius 1 is 1.15 bits per heavy atom. The normalized spacial score (nSPS) is 14.1. The number of hydrogen-bond donors (Lipinski definition) is 1. The van der Waals surface area contributed by atoms with Crippen molar-refractivity contribution in [3.05, 3.63) is 75.8 Å². The molecule has 1 aliphatic rings. The van der Waals surface area contributed by atoms with E-state index in [1.807, 2.05) is 71.1 Å². The fourth-order valence-corrected chi connectivity index (χ4v) is 5.39. The number of rotatable bonds is 5. The molecule has 0 aliphatic carbocycles. The second-order valence-corrected chi connectivity index (χ2v) is 9.70. The summed E-state index contributed by atoms with van der Waals surface area (Å²) in [4.78, 5) is 28.6. The molecule has 1 N–H and O–H groups in total. The van der Waals surface area contributed by atoms with Crippen LogP contribution in [0.25, 0.3) is 15.9 Å². The van der Waals surface area contributed by atoms with Crippen molar-refractivity contribution >= 4 is 50.7 Å². The van der Waals surface area contributed by atoms with Crippen molar-refractivity contribution in [1.82, 2.24) is 14.7 Å². The van der Waals surface area contributed by atoms with Crippen LogP contribution in [0.2, 0.25) is 5.02 Å². The van der Waals surface area contributed by atoms with E-state index >= 15 is 0 Å². The van der Waals surface area contributed by atoms with Crippen LogP contribution in [0.5, 0.6) is 0 Å². The van der Waals surface area contributed by atoms with Gasteiger partial charge in [-0.1, -0.05) is 29.8 Å². The molecular weight excluding hydrogens is 456 g/mol. The summed E-state index contributed by atoms with van der Waals surface area (Å²) in [7, 11) is 0. The molecule has 4 aromatic rings.